The molecular formula is C30H40N8O5. The maximum absolute atomic E-state index is 13.2. The Morgan fingerprint density at radius 1 is 1.26 bits per heavy atom. The number of likely N-dealkylation sites (N-methyl/N-ethyl adjacent to an activating group) is 2. The zero-order chi connectivity index (χ0) is 34.1. The van der Waals surface area contributed by atoms with Crippen molar-refractivity contribution in [1.82, 2.24) is 19.9 Å². The summed E-state index contributed by atoms with van der Waals surface area (Å²) in [4.78, 5) is 43.3. The number of nitro groups is 1. The van der Waals surface area contributed by atoms with Crippen LogP contribution in [-0.2, 0) is 10.2 Å². The lowest BCUT2D eigenvalue weighted by molar-refractivity contribution is -0.384. The highest BCUT2D eigenvalue weighted by atomic mass is 16.6. The zero-order valence-corrected chi connectivity index (χ0v) is 25.8. The molecular weight excluding hydrogens is 552 g/mol. The Morgan fingerprint density at radius 3 is 2.63 bits per heavy atom. The minimum Gasteiger partial charge on any atom is -0.494 e. The molecule has 43 heavy (non-hydrogen) atoms. The first kappa shape index (κ1) is 27.3. The van der Waals surface area contributed by atoms with E-state index in [0.717, 1.165) is 22.0 Å². The average Bonchev–Trinajstić information content (AvgIpc) is 3.21. The van der Waals surface area contributed by atoms with Gasteiger partial charge in [-0.25, -0.2) is 9.78 Å². The molecule has 13 heteroatoms. The first-order valence-electron chi connectivity index (χ1n) is 15.3. The fraction of sp³-hybridized carbons (Fsp3) is 0.467. The molecule has 3 heterocycles. The standard InChI is InChI=1S/C30H40N8O5/c1-18(2)43-28(39)20-16-31-29(34-27(20)37-17-30(4,5)26-22(37)11-10-19(3)32-26)33-21-14-24(38(40)41)23(15-25(21)42-9)36(8)13-12-35(6)7/h10-11,14-16,18H,12-13,17H2,1-9H3,(H,31,33,34)/i8D3. The van der Waals surface area contributed by atoms with Gasteiger partial charge in [0.15, 0.2) is 5.82 Å². The predicted molar refractivity (Wildman–Crippen MR) is 166 cm³/mol. The van der Waals surface area contributed by atoms with Gasteiger partial charge in [-0.05, 0) is 47.0 Å². The maximum Gasteiger partial charge on any atom is 0.343 e. The second kappa shape index (κ2) is 12.4. The third kappa shape index (κ3) is 6.77. The fourth-order valence-corrected chi connectivity index (χ4v) is 4.80. The Labute approximate surface area is 256 Å². The van der Waals surface area contributed by atoms with Crippen LogP contribution in [0.1, 0.15) is 53.6 Å². The average molecular weight is 596 g/mol. The Balaban J connectivity index is 1.83. The van der Waals surface area contributed by atoms with Crippen LogP contribution < -0.4 is 19.9 Å². The van der Waals surface area contributed by atoms with E-state index in [1.807, 2.05) is 24.0 Å². The summed E-state index contributed by atoms with van der Waals surface area (Å²) in [5.41, 5.74) is 1.79. The number of rotatable bonds is 11. The SMILES string of the molecule is [2H]C([2H])([2H])N(CCN(C)C)c1cc(OC)c(Nc2ncc(C(=O)OC(C)C)c(N3CC(C)(C)c4nc(C)ccc43)n2)cc1[N+](=O)[O-]. The molecule has 4 rings (SSSR count). The van der Waals surface area contributed by atoms with Gasteiger partial charge in [0, 0.05) is 60.2 Å². The molecule has 1 aromatic carbocycles. The number of hydrogen-bond donors (Lipinski definition) is 1. The highest BCUT2D eigenvalue weighted by molar-refractivity contribution is 5.96. The van der Waals surface area contributed by atoms with Crippen LogP contribution in [0.2, 0.25) is 0 Å². The number of benzene rings is 1. The molecule has 0 spiro atoms. The topological polar surface area (TPSA) is 139 Å². The summed E-state index contributed by atoms with van der Waals surface area (Å²) in [5, 5.41) is 15.2. The van der Waals surface area contributed by atoms with Crippen LogP contribution in [0.3, 0.4) is 0 Å². The number of anilines is 5. The van der Waals surface area contributed by atoms with E-state index < -0.39 is 23.6 Å². The number of pyridine rings is 1. The molecule has 0 saturated carbocycles. The molecule has 0 amide bonds. The lowest BCUT2D eigenvalue weighted by Crippen LogP contribution is -2.29. The summed E-state index contributed by atoms with van der Waals surface area (Å²) in [5.74, 6) is -0.200. The number of esters is 1. The summed E-state index contributed by atoms with van der Waals surface area (Å²) >= 11 is 0. The number of nitrogens with one attached hydrogen (secondary N) is 1. The second-order valence-electron chi connectivity index (χ2n) is 11.6. The van der Waals surface area contributed by atoms with Crippen molar-refractivity contribution >= 4 is 40.5 Å². The third-order valence-corrected chi connectivity index (χ3v) is 6.89. The lowest BCUT2D eigenvalue weighted by atomic mass is 9.91. The van der Waals surface area contributed by atoms with Crippen molar-refractivity contribution in [3.63, 3.8) is 0 Å². The van der Waals surface area contributed by atoms with E-state index in [4.69, 9.17) is 23.6 Å². The number of hydrogen-bond acceptors (Lipinski definition) is 12. The van der Waals surface area contributed by atoms with Gasteiger partial charge in [-0.3, -0.25) is 15.1 Å². The molecule has 0 saturated heterocycles. The molecule has 1 N–H and O–H groups in total. The molecule has 2 aromatic heterocycles. The van der Waals surface area contributed by atoms with Crippen molar-refractivity contribution in [2.24, 2.45) is 0 Å². The molecule has 0 radical (unpaired) electrons. The van der Waals surface area contributed by atoms with E-state index in [9.17, 15) is 14.9 Å². The normalized spacial score (nSPS) is 15.0. The summed E-state index contributed by atoms with van der Waals surface area (Å²) in [6, 6.07) is 6.31. The van der Waals surface area contributed by atoms with E-state index in [1.165, 1.54) is 25.4 Å². The third-order valence-electron chi connectivity index (χ3n) is 6.89. The number of nitro benzene ring substituents is 1. The number of methoxy groups -OCH3 is 1. The van der Waals surface area contributed by atoms with E-state index in [0.29, 0.717) is 13.1 Å². The van der Waals surface area contributed by atoms with Gasteiger partial charge in [0.25, 0.3) is 5.69 Å². The Hall–Kier alpha value is -4.52. The Morgan fingerprint density at radius 2 is 2.00 bits per heavy atom. The second-order valence-corrected chi connectivity index (χ2v) is 11.6. The van der Waals surface area contributed by atoms with Gasteiger partial charge in [-0.1, -0.05) is 13.8 Å². The molecule has 0 fully saturated rings. The Bertz CT molecular complexity index is 1630. The smallest absolute Gasteiger partial charge is 0.343 e. The number of fused-ring (bicyclic) bond motifs is 1. The van der Waals surface area contributed by atoms with E-state index >= 15 is 0 Å². The van der Waals surface area contributed by atoms with Crippen molar-refractivity contribution in [2.75, 3.05) is 62.9 Å². The minimum atomic E-state index is -2.66. The van der Waals surface area contributed by atoms with E-state index in [1.54, 1.807) is 32.8 Å². The summed E-state index contributed by atoms with van der Waals surface area (Å²) in [7, 11) is 4.92. The first-order valence-corrected chi connectivity index (χ1v) is 13.8. The number of carbonyl (C=O) groups is 1. The van der Waals surface area contributed by atoms with Crippen molar-refractivity contribution in [1.29, 1.82) is 0 Å². The van der Waals surface area contributed by atoms with Gasteiger partial charge in [-0.15, -0.1) is 0 Å². The van der Waals surface area contributed by atoms with E-state index in [2.05, 4.69) is 24.1 Å². The number of carbonyl (C=O) groups excluding carboxylic acids is 1. The summed E-state index contributed by atoms with van der Waals surface area (Å²) < 4.78 is 35.2. The fourth-order valence-electron chi connectivity index (χ4n) is 4.80. The van der Waals surface area contributed by atoms with Crippen molar-refractivity contribution < 1.29 is 23.3 Å². The Kier molecular flexibility index (Phi) is 7.86. The molecule has 1 aliphatic heterocycles. The number of aryl methyl sites for hydroxylation is 1. The highest BCUT2D eigenvalue weighted by Crippen LogP contribution is 2.44. The van der Waals surface area contributed by atoms with Crippen LogP contribution in [0.25, 0.3) is 0 Å². The van der Waals surface area contributed by atoms with Crippen LogP contribution >= 0.6 is 0 Å². The number of nitrogens with zero attached hydrogens (tertiary/aromatic N) is 7. The largest absolute Gasteiger partial charge is 0.494 e. The van der Waals surface area contributed by atoms with Crippen molar-refractivity contribution in [2.45, 2.75) is 46.1 Å². The van der Waals surface area contributed by atoms with Gasteiger partial charge in [0.2, 0.25) is 5.95 Å². The molecule has 13 nitrogen and oxygen atoms in total. The molecule has 0 aliphatic carbocycles. The van der Waals surface area contributed by atoms with Crippen molar-refractivity contribution in [3.05, 3.63) is 57.5 Å². The molecule has 0 atom stereocenters. The molecule has 0 unspecified atom stereocenters. The van der Waals surface area contributed by atoms with E-state index in [-0.39, 0.29) is 52.5 Å². The number of ether oxygens (including phenoxy) is 2. The van der Waals surface area contributed by atoms with Crippen LogP contribution in [0, 0.1) is 17.0 Å². The molecule has 3 aromatic rings. The monoisotopic (exact) mass is 595 g/mol. The molecule has 1 aliphatic rings. The summed E-state index contributed by atoms with van der Waals surface area (Å²) in [6.45, 7) is 7.64. The lowest BCUT2D eigenvalue weighted by Gasteiger charge is -2.24. The zero-order valence-electron chi connectivity index (χ0n) is 28.8. The summed E-state index contributed by atoms with van der Waals surface area (Å²) in [6.07, 6.45) is 0.954. The van der Waals surface area contributed by atoms with Crippen LogP contribution in [-0.4, -0.2) is 84.7 Å². The van der Waals surface area contributed by atoms with Crippen LogP contribution in [0.4, 0.5) is 34.5 Å². The van der Waals surface area contributed by atoms with Gasteiger partial charge < -0.3 is 29.5 Å². The maximum atomic E-state index is 13.2. The number of aromatic nitrogens is 3. The van der Waals surface area contributed by atoms with Gasteiger partial charge in [0.1, 0.15) is 17.0 Å². The van der Waals surface area contributed by atoms with Gasteiger partial charge >= 0.3 is 5.97 Å². The quantitative estimate of drug-likeness (QED) is 0.184. The highest BCUT2D eigenvalue weighted by Gasteiger charge is 2.40. The van der Waals surface area contributed by atoms with Gasteiger partial charge in [-0.2, -0.15) is 4.98 Å². The van der Waals surface area contributed by atoms with Gasteiger partial charge in [0.05, 0.1) is 35.2 Å². The molecule has 0 bridgehead atoms. The first-order chi connectivity index (χ1) is 21.4. The van der Waals surface area contributed by atoms with Crippen LogP contribution in [0.5, 0.6) is 5.75 Å². The molecule has 230 valence electrons. The predicted octanol–water partition coefficient (Wildman–Crippen LogP) is 4.83. The minimum absolute atomic E-state index is 0.00270. The van der Waals surface area contributed by atoms with Crippen LogP contribution in [0.15, 0.2) is 30.5 Å². The van der Waals surface area contributed by atoms with Crippen molar-refractivity contribution in [3.8, 4) is 5.75 Å².